The molecular formula is C27H25ClN2O3. The van der Waals surface area contributed by atoms with Gasteiger partial charge in [0.2, 0.25) is 0 Å². The number of amides is 2. The van der Waals surface area contributed by atoms with E-state index in [4.69, 9.17) is 16.3 Å². The predicted octanol–water partition coefficient (Wildman–Crippen LogP) is 6.06. The Kier molecular flexibility index (Phi) is 6.25. The minimum absolute atomic E-state index is 0.228. The maximum Gasteiger partial charge on any atom is 0.282 e. The number of nitrogens with zero attached hydrogens (tertiary/aromatic N) is 1. The van der Waals surface area contributed by atoms with Crippen LogP contribution in [0.15, 0.2) is 66.4 Å². The summed E-state index contributed by atoms with van der Waals surface area (Å²) in [6.07, 6.45) is 0. The van der Waals surface area contributed by atoms with Crippen LogP contribution in [-0.4, -0.2) is 18.4 Å². The molecule has 6 heteroatoms. The normalized spacial score (nSPS) is 13.7. The van der Waals surface area contributed by atoms with Gasteiger partial charge < -0.3 is 10.1 Å². The Morgan fingerprint density at radius 1 is 0.879 bits per heavy atom. The predicted molar refractivity (Wildman–Crippen MR) is 133 cm³/mol. The molecule has 1 aliphatic heterocycles. The first-order valence-corrected chi connectivity index (χ1v) is 11.1. The summed E-state index contributed by atoms with van der Waals surface area (Å²) >= 11 is 6.11. The molecule has 0 aliphatic carbocycles. The molecule has 3 aromatic rings. The van der Waals surface area contributed by atoms with E-state index in [1.807, 2.05) is 70.2 Å². The number of benzene rings is 3. The standard InChI is InChI=1S/C27H25ClN2O3/c1-5-33-22-8-6-7-21(15-22)29-25-24(19-10-9-16(2)17(3)13-19)26(31)30(27(25)32)23-12-11-20(28)14-18(23)4/h6-15,29H,5H2,1-4H3. The second-order valence-electron chi connectivity index (χ2n) is 8.01. The van der Waals surface area contributed by atoms with Crippen LogP contribution in [-0.2, 0) is 9.59 Å². The van der Waals surface area contributed by atoms with Crippen molar-refractivity contribution in [2.75, 3.05) is 16.8 Å². The van der Waals surface area contributed by atoms with Crippen molar-refractivity contribution in [3.63, 3.8) is 0 Å². The molecule has 1 heterocycles. The average molecular weight is 461 g/mol. The number of carbonyl (C=O) groups excluding carboxylic acids is 2. The van der Waals surface area contributed by atoms with Gasteiger partial charge in [0.15, 0.2) is 0 Å². The van der Waals surface area contributed by atoms with E-state index in [1.165, 1.54) is 4.90 Å². The third-order valence-electron chi connectivity index (χ3n) is 5.69. The molecule has 1 aliphatic rings. The molecule has 1 N–H and O–H groups in total. The van der Waals surface area contributed by atoms with Crippen molar-refractivity contribution in [3.05, 3.63) is 93.6 Å². The van der Waals surface area contributed by atoms with E-state index in [1.54, 1.807) is 18.2 Å². The summed E-state index contributed by atoms with van der Waals surface area (Å²) in [5.74, 6) is -0.115. The Balaban J connectivity index is 1.84. The Bertz CT molecular complexity index is 1300. The van der Waals surface area contributed by atoms with Gasteiger partial charge in [-0.2, -0.15) is 0 Å². The Hall–Kier alpha value is -3.57. The van der Waals surface area contributed by atoms with E-state index in [9.17, 15) is 9.59 Å². The molecule has 0 saturated heterocycles. The fourth-order valence-corrected chi connectivity index (χ4v) is 4.10. The number of nitrogens with one attached hydrogen (secondary N) is 1. The van der Waals surface area contributed by atoms with Crippen LogP contribution in [0.2, 0.25) is 5.02 Å². The zero-order valence-electron chi connectivity index (χ0n) is 19.0. The summed E-state index contributed by atoms with van der Waals surface area (Å²) in [7, 11) is 0. The molecule has 0 fully saturated rings. The number of carbonyl (C=O) groups is 2. The largest absolute Gasteiger partial charge is 0.494 e. The number of halogens is 1. The van der Waals surface area contributed by atoms with E-state index < -0.39 is 5.91 Å². The van der Waals surface area contributed by atoms with Crippen molar-refractivity contribution in [2.24, 2.45) is 0 Å². The second kappa shape index (κ2) is 9.12. The molecular weight excluding hydrogens is 436 g/mol. The number of imide groups is 1. The molecule has 0 unspecified atom stereocenters. The highest BCUT2D eigenvalue weighted by molar-refractivity contribution is 6.46. The van der Waals surface area contributed by atoms with Crippen LogP contribution in [0.5, 0.6) is 5.75 Å². The maximum atomic E-state index is 13.7. The molecule has 3 aromatic carbocycles. The molecule has 0 saturated carbocycles. The van der Waals surface area contributed by atoms with Gasteiger partial charge in [0.05, 0.1) is 17.9 Å². The van der Waals surface area contributed by atoms with E-state index in [2.05, 4.69) is 5.32 Å². The molecule has 4 rings (SSSR count). The van der Waals surface area contributed by atoms with E-state index >= 15 is 0 Å². The molecule has 33 heavy (non-hydrogen) atoms. The number of hydrogen-bond donors (Lipinski definition) is 1. The fourth-order valence-electron chi connectivity index (χ4n) is 3.87. The third-order valence-corrected chi connectivity index (χ3v) is 5.93. The summed E-state index contributed by atoms with van der Waals surface area (Å²) < 4.78 is 5.59. The van der Waals surface area contributed by atoms with E-state index in [-0.39, 0.29) is 11.6 Å². The van der Waals surface area contributed by atoms with Crippen molar-refractivity contribution in [1.82, 2.24) is 0 Å². The Morgan fingerprint density at radius 3 is 2.36 bits per heavy atom. The SMILES string of the molecule is CCOc1cccc(NC2=C(c3ccc(C)c(C)c3)C(=O)N(c3ccc(Cl)cc3C)C2=O)c1. The second-order valence-corrected chi connectivity index (χ2v) is 8.45. The summed E-state index contributed by atoms with van der Waals surface area (Å²) in [6, 6.07) is 18.2. The smallest absolute Gasteiger partial charge is 0.282 e. The van der Waals surface area contributed by atoms with E-state index in [0.717, 1.165) is 16.7 Å². The van der Waals surface area contributed by atoms with Crippen LogP contribution in [0.25, 0.3) is 5.57 Å². The minimum atomic E-state index is -0.416. The summed E-state index contributed by atoms with van der Waals surface area (Å²) in [4.78, 5) is 28.5. The van der Waals surface area contributed by atoms with Gasteiger partial charge in [0.25, 0.3) is 11.8 Å². The Morgan fingerprint density at radius 2 is 1.67 bits per heavy atom. The minimum Gasteiger partial charge on any atom is -0.494 e. The maximum absolute atomic E-state index is 13.7. The lowest BCUT2D eigenvalue weighted by atomic mass is 9.99. The van der Waals surface area contributed by atoms with Crippen LogP contribution in [0, 0.1) is 20.8 Å². The van der Waals surface area contributed by atoms with Gasteiger partial charge in [-0.05, 0) is 80.3 Å². The Labute approximate surface area is 198 Å². The lowest BCUT2D eigenvalue weighted by Crippen LogP contribution is -2.33. The topological polar surface area (TPSA) is 58.6 Å². The van der Waals surface area contributed by atoms with Gasteiger partial charge in [-0.25, -0.2) is 4.90 Å². The molecule has 0 atom stereocenters. The monoisotopic (exact) mass is 460 g/mol. The van der Waals surface area contributed by atoms with Crippen molar-refractivity contribution < 1.29 is 14.3 Å². The van der Waals surface area contributed by atoms with Crippen LogP contribution in [0.3, 0.4) is 0 Å². The lowest BCUT2D eigenvalue weighted by Gasteiger charge is -2.18. The highest BCUT2D eigenvalue weighted by atomic mass is 35.5. The number of hydrogen-bond acceptors (Lipinski definition) is 4. The van der Waals surface area contributed by atoms with Crippen LogP contribution in [0.4, 0.5) is 11.4 Å². The summed E-state index contributed by atoms with van der Waals surface area (Å²) in [6.45, 7) is 8.26. The summed E-state index contributed by atoms with van der Waals surface area (Å²) in [5.41, 5.74) is 5.31. The number of aryl methyl sites for hydroxylation is 3. The molecule has 0 spiro atoms. The van der Waals surface area contributed by atoms with Crippen LogP contribution in [0.1, 0.15) is 29.2 Å². The first-order chi connectivity index (χ1) is 15.8. The van der Waals surface area contributed by atoms with Crippen molar-refractivity contribution >= 4 is 40.4 Å². The lowest BCUT2D eigenvalue weighted by molar-refractivity contribution is -0.120. The number of rotatable bonds is 6. The fraction of sp³-hybridized carbons (Fsp3) is 0.185. The molecule has 0 aromatic heterocycles. The van der Waals surface area contributed by atoms with Crippen LogP contribution >= 0.6 is 11.6 Å². The van der Waals surface area contributed by atoms with Crippen molar-refractivity contribution in [1.29, 1.82) is 0 Å². The quantitative estimate of drug-likeness (QED) is 0.454. The zero-order chi connectivity index (χ0) is 23.7. The number of ether oxygens (including phenoxy) is 1. The van der Waals surface area contributed by atoms with Gasteiger partial charge in [0, 0.05) is 16.8 Å². The first-order valence-electron chi connectivity index (χ1n) is 10.8. The van der Waals surface area contributed by atoms with Gasteiger partial charge in [-0.3, -0.25) is 9.59 Å². The van der Waals surface area contributed by atoms with Gasteiger partial charge in [-0.15, -0.1) is 0 Å². The van der Waals surface area contributed by atoms with Crippen molar-refractivity contribution in [3.8, 4) is 5.75 Å². The van der Waals surface area contributed by atoms with E-state index in [0.29, 0.717) is 39.9 Å². The zero-order valence-corrected chi connectivity index (χ0v) is 19.8. The van der Waals surface area contributed by atoms with Gasteiger partial charge >= 0.3 is 0 Å². The molecule has 5 nitrogen and oxygen atoms in total. The molecule has 0 radical (unpaired) electrons. The van der Waals surface area contributed by atoms with Crippen LogP contribution < -0.4 is 15.0 Å². The molecule has 0 bridgehead atoms. The molecule has 168 valence electrons. The van der Waals surface area contributed by atoms with Crippen molar-refractivity contribution in [2.45, 2.75) is 27.7 Å². The highest BCUT2D eigenvalue weighted by Crippen LogP contribution is 2.36. The van der Waals surface area contributed by atoms with Gasteiger partial charge in [-0.1, -0.05) is 35.9 Å². The first kappa shape index (κ1) is 22.6. The summed E-state index contributed by atoms with van der Waals surface area (Å²) in [5, 5.41) is 3.74. The third kappa shape index (κ3) is 4.37. The number of anilines is 2. The van der Waals surface area contributed by atoms with Gasteiger partial charge in [0.1, 0.15) is 11.4 Å². The highest BCUT2D eigenvalue weighted by Gasteiger charge is 2.41. The average Bonchev–Trinajstić information content (AvgIpc) is 3.00. The molecule has 2 amide bonds.